The number of para-hydroxylation sites is 1. The predicted octanol–water partition coefficient (Wildman–Crippen LogP) is 4.88. The molecule has 5 nitrogen and oxygen atoms in total. The van der Waals surface area contributed by atoms with Crippen molar-refractivity contribution >= 4 is 27.3 Å². The molecule has 0 aromatic heterocycles. The van der Waals surface area contributed by atoms with Gasteiger partial charge in [-0.2, -0.15) is 13.2 Å². The standard InChI is InChI=1S/C24H21F3N2O3S/c1-17-14-18-8-5-6-13-22(18)29(17)23(30)16-28(33(31,32)21-11-3-2-4-12-21)20-10-7-9-19(15-20)24(25,26)27/h2-13,15,17H,14,16H2,1H3/t17-/m1/s1. The van der Waals surface area contributed by atoms with Crippen molar-refractivity contribution in [1.29, 1.82) is 0 Å². The first-order valence-electron chi connectivity index (χ1n) is 10.2. The number of alkyl halides is 3. The van der Waals surface area contributed by atoms with E-state index < -0.39 is 34.2 Å². The minimum Gasteiger partial charge on any atom is -0.307 e. The maximum Gasteiger partial charge on any atom is 0.416 e. The fraction of sp³-hybridized carbons (Fsp3) is 0.208. The van der Waals surface area contributed by atoms with Crippen molar-refractivity contribution in [1.82, 2.24) is 0 Å². The van der Waals surface area contributed by atoms with Gasteiger partial charge in [0, 0.05) is 11.7 Å². The van der Waals surface area contributed by atoms with Crippen LogP contribution in [0.4, 0.5) is 24.5 Å². The molecule has 3 aromatic rings. The summed E-state index contributed by atoms with van der Waals surface area (Å²) in [5, 5.41) is 0. The van der Waals surface area contributed by atoms with Crippen LogP contribution in [0.5, 0.6) is 0 Å². The van der Waals surface area contributed by atoms with Crippen LogP contribution >= 0.6 is 0 Å². The molecule has 0 spiro atoms. The van der Waals surface area contributed by atoms with Gasteiger partial charge in [0.15, 0.2) is 0 Å². The second kappa shape index (κ2) is 8.55. The highest BCUT2D eigenvalue weighted by atomic mass is 32.2. The summed E-state index contributed by atoms with van der Waals surface area (Å²) in [5.74, 6) is -0.524. The zero-order chi connectivity index (χ0) is 23.8. The summed E-state index contributed by atoms with van der Waals surface area (Å²) in [7, 11) is -4.32. The van der Waals surface area contributed by atoms with Gasteiger partial charge in [-0.05, 0) is 55.3 Å². The lowest BCUT2D eigenvalue weighted by Crippen LogP contribution is -2.45. The lowest BCUT2D eigenvalue weighted by Gasteiger charge is -2.29. The van der Waals surface area contributed by atoms with E-state index >= 15 is 0 Å². The average Bonchev–Trinajstić information content (AvgIpc) is 3.13. The van der Waals surface area contributed by atoms with Crippen molar-refractivity contribution in [2.75, 3.05) is 15.7 Å². The molecular weight excluding hydrogens is 453 g/mol. The molecule has 3 aromatic carbocycles. The Morgan fingerprint density at radius 2 is 1.67 bits per heavy atom. The van der Waals surface area contributed by atoms with Crippen molar-refractivity contribution in [2.24, 2.45) is 0 Å². The van der Waals surface area contributed by atoms with Gasteiger partial charge in [-0.1, -0.05) is 42.5 Å². The van der Waals surface area contributed by atoms with Gasteiger partial charge in [0.25, 0.3) is 10.0 Å². The first kappa shape index (κ1) is 22.8. The lowest BCUT2D eigenvalue weighted by molar-refractivity contribution is -0.137. The number of carbonyl (C=O) groups is 1. The molecule has 0 fully saturated rings. The van der Waals surface area contributed by atoms with E-state index in [1.165, 1.54) is 35.2 Å². The highest BCUT2D eigenvalue weighted by Gasteiger charge is 2.36. The first-order chi connectivity index (χ1) is 15.6. The van der Waals surface area contributed by atoms with Crippen LogP contribution in [0.2, 0.25) is 0 Å². The van der Waals surface area contributed by atoms with E-state index in [2.05, 4.69) is 0 Å². The summed E-state index contributed by atoms with van der Waals surface area (Å²) >= 11 is 0. The van der Waals surface area contributed by atoms with E-state index in [9.17, 15) is 26.4 Å². The molecular formula is C24H21F3N2O3S. The van der Waals surface area contributed by atoms with E-state index in [-0.39, 0.29) is 16.6 Å². The Hall–Kier alpha value is -3.33. The van der Waals surface area contributed by atoms with Gasteiger partial charge in [0.2, 0.25) is 5.91 Å². The maximum atomic E-state index is 13.4. The largest absolute Gasteiger partial charge is 0.416 e. The van der Waals surface area contributed by atoms with Crippen LogP contribution in [-0.2, 0) is 27.4 Å². The van der Waals surface area contributed by atoms with E-state index in [1.54, 1.807) is 18.2 Å². The van der Waals surface area contributed by atoms with Crippen molar-refractivity contribution in [3.8, 4) is 0 Å². The Bertz CT molecular complexity index is 1280. The lowest BCUT2D eigenvalue weighted by atomic mass is 10.1. The van der Waals surface area contributed by atoms with Crippen LogP contribution in [0.15, 0.2) is 83.8 Å². The molecule has 0 radical (unpaired) electrons. The van der Waals surface area contributed by atoms with E-state index in [4.69, 9.17) is 0 Å². The number of fused-ring (bicyclic) bond motifs is 1. The fourth-order valence-electron chi connectivity index (χ4n) is 4.02. The second-order valence-electron chi connectivity index (χ2n) is 7.82. The molecule has 1 atom stereocenters. The van der Waals surface area contributed by atoms with Crippen molar-refractivity contribution in [3.05, 3.63) is 90.0 Å². The summed E-state index contributed by atoms with van der Waals surface area (Å²) < 4.78 is 67.6. The van der Waals surface area contributed by atoms with E-state index in [0.717, 1.165) is 28.1 Å². The van der Waals surface area contributed by atoms with Crippen LogP contribution in [0.3, 0.4) is 0 Å². The molecule has 0 N–H and O–H groups in total. The number of benzene rings is 3. The number of hydrogen-bond donors (Lipinski definition) is 0. The minimum absolute atomic E-state index is 0.120. The van der Waals surface area contributed by atoms with Gasteiger partial charge < -0.3 is 4.90 Å². The predicted molar refractivity (Wildman–Crippen MR) is 120 cm³/mol. The molecule has 1 heterocycles. The molecule has 1 aliphatic rings. The van der Waals surface area contributed by atoms with Gasteiger partial charge in [-0.25, -0.2) is 8.42 Å². The van der Waals surface area contributed by atoms with Gasteiger partial charge in [0.1, 0.15) is 6.54 Å². The molecule has 0 saturated carbocycles. The summed E-state index contributed by atoms with van der Waals surface area (Å²) in [6.45, 7) is 1.20. The normalized spacial score (nSPS) is 15.9. The van der Waals surface area contributed by atoms with Gasteiger partial charge in [0.05, 0.1) is 16.1 Å². The average molecular weight is 475 g/mol. The summed E-state index contributed by atoms with van der Waals surface area (Å²) in [4.78, 5) is 14.7. The van der Waals surface area contributed by atoms with Crippen LogP contribution in [0.25, 0.3) is 0 Å². The number of hydrogen-bond acceptors (Lipinski definition) is 3. The third kappa shape index (κ3) is 4.45. The molecule has 4 rings (SSSR count). The van der Waals surface area contributed by atoms with E-state index in [1.807, 2.05) is 19.1 Å². The molecule has 0 aliphatic carbocycles. The SMILES string of the molecule is C[C@@H]1Cc2ccccc2N1C(=O)CN(c1cccc(C(F)(F)F)c1)S(=O)(=O)c1ccccc1. The van der Waals surface area contributed by atoms with Crippen molar-refractivity contribution in [3.63, 3.8) is 0 Å². The Labute approximate surface area is 190 Å². The van der Waals surface area contributed by atoms with Crippen LogP contribution in [-0.4, -0.2) is 26.9 Å². The number of halogens is 3. The fourth-order valence-corrected chi connectivity index (χ4v) is 5.44. The number of amides is 1. The Balaban J connectivity index is 1.77. The van der Waals surface area contributed by atoms with Crippen LogP contribution in [0, 0.1) is 0 Å². The molecule has 1 amide bonds. The first-order valence-corrected chi connectivity index (χ1v) is 11.7. The third-order valence-corrected chi connectivity index (χ3v) is 7.34. The van der Waals surface area contributed by atoms with Crippen molar-refractivity contribution < 1.29 is 26.4 Å². The quantitative estimate of drug-likeness (QED) is 0.530. The van der Waals surface area contributed by atoms with Gasteiger partial charge in [-0.15, -0.1) is 0 Å². The van der Waals surface area contributed by atoms with Crippen LogP contribution < -0.4 is 9.21 Å². The van der Waals surface area contributed by atoms with Crippen LogP contribution in [0.1, 0.15) is 18.1 Å². The number of carbonyl (C=O) groups excluding carboxylic acids is 1. The van der Waals surface area contributed by atoms with E-state index in [0.29, 0.717) is 12.1 Å². The topological polar surface area (TPSA) is 57.7 Å². The molecule has 0 unspecified atom stereocenters. The molecule has 0 saturated heterocycles. The zero-order valence-corrected chi connectivity index (χ0v) is 18.5. The highest BCUT2D eigenvalue weighted by molar-refractivity contribution is 7.92. The van der Waals surface area contributed by atoms with Gasteiger partial charge in [-0.3, -0.25) is 9.10 Å². The third-order valence-electron chi connectivity index (χ3n) is 5.55. The summed E-state index contributed by atoms with van der Waals surface area (Å²) in [5.41, 5.74) is 0.397. The Kier molecular flexibility index (Phi) is 5.92. The number of sulfonamides is 1. The smallest absolute Gasteiger partial charge is 0.307 e. The Morgan fingerprint density at radius 3 is 2.36 bits per heavy atom. The number of nitrogens with zero attached hydrogens (tertiary/aromatic N) is 2. The number of rotatable bonds is 5. The monoisotopic (exact) mass is 474 g/mol. The molecule has 0 bridgehead atoms. The maximum absolute atomic E-state index is 13.4. The van der Waals surface area contributed by atoms with Gasteiger partial charge >= 0.3 is 6.18 Å². The molecule has 9 heteroatoms. The van der Waals surface area contributed by atoms with Crippen molar-refractivity contribution in [2.45, 2.75) is 30.5 Å². The molecule has 1 aliphatic heterocycles. The second-order valence-corrected chi connectivity index (χ2v) is 9.68. The summed E-state index contributed by atoms with van der Waals surface area (Å²) in [6.07, 6.45) is -4.05. The zero-order valence-electron chi connectivity index (χ0n) is 17.7. The Morgan fingerprint density at radius 1 is 1.00 bits per heavy atom. The highest BCUT2D eigenvalue weighted by Crippen LogP contribution is 2.35. The minimum atomic E-state index is -4.66. The summed E-state index contributed by atoms with van der Waals surface area (Å²) in [6, 6.07) is 18.4. The molecule has 172 valence electrons. The molecule has 33 heavy (non-hydrogen) atoms. The number of anilines is 2.